The Labute approximate surface area is 137 Å². The van der Waals surface area contributed by atoms with Gasteiger partial charge in [0.05, 0.1) is 0 Å². The molecule has 23 heavy (non-hydrogen) atoms. The van der Waals surface area contributed by atoms with Crippen molar-refractivity contribution >= 4 is 11.8 Å². The summed E-state index contributed by atoms with van der Waals surface area (Å²) >= 11 is 0. The molecule has 5 nitrogen and oxygen atoms in total. The highest BCUT2D eigenvalue weighted by molar-refractivity contribution is 5.80. The summed E-state index contributed by atoms with van der Waals surface area (Å²) in [5.74, 6) is 0.490. The lowest BCUT2D eigenvalue weighted by molar-refractivity contribution is -0.135. The van der Waals surface area contributed by atoms with Gasteiger partial charge in [0.1, 0.15) is 5.75 Å². The first-order chi connectivity index (χ1) is 11.1. The highest BCUT2D eigenvalue weighted by atomic mass is 16.3. The third-order valence-corrected chi connectivity index (χ3v) is 4.37. The minimum Gasteiger partial charge on any atom is -0.508 e. The fourth-order valence-corrected chi connectivity index (χ4v) is 2.91. The van der Waals surface area contributed by atoms with Gasteiger partial charge in [-0.3, -0.25) is 9.59 Å². The van der Waals surface area contributed by atoms with E-state index in [4.69, 9.17) is 0 Å². The monoisotopic (exact) mass is 318 g/mol. The molecule has 0 spiro atoms. The second-order valence-corrected chi connectivity index (χ2v) is 6.07. The van der Waals surface area contributed by atoms with Crippen LogP contribution in [0.4, 0.5) is 0 Å². The van der Waals surface area contributed by atoms with E-state index in [1.54, 1.807) is 12.1 Å². The Morgan fingerprint density at radius 1 is 1.26 bits per heavy atom. The average molecular weight is 318 g/mol. The molecule has 1 aromatic carbocycles. The number of hydrogen-bond acceptors (Lipinski definition) is 3. The number of aromatic hydroxyl groups is 1. The number of nitrogens with one attached hydrogen (secondary N) is 1. The number of carbonyl (C=O) groups excluding carboxylic acids is 2. The summed E-state index contributed by atoms with van der Waals surface area (Å²) in [6.45, 7) is 4.04. The first-order valence-corrected chi connectivity index (χ1v) is 8.44. The number of phenolic OH excluding ortho intramolecular Hbond substituents is 1. The van der Waals surface area contributed by atoms with Gasteiger partial charge in [-0.25, -0.2) is 0 Å². The largest absolute Gasteiger partial charge is 0.508 e. The number of carbonyl (C=O) groups is 2. The Hall–Kier alpha value is -2.04. The van der Waals surface area contributed by atoms with Crippen molar-refractivity contribution in [3.05, 3.63) is 29.8 Å². The molecule has 1 heterocycles. The first kappa shape index (κ1) is 17.3. The van der Waals surface area contributed by atoms with E-state index in [2.05, 4.69) is 5.32 Å². The van der Waals surface area contributed by atoms with Crippen LogP contribution in [0.2, 0.25) is 0 Å². The molecule has 1 aliphatic heterocycles. The summed E-state index contributed by atoms with van der Waals surface area (Å²) in [5.41, 5.74) is 0.801. The Morgan fingerprint density at radius 3 is 2.61 bits per heavy atom. The standard InChI is InChI=1S/C18H26N2O3/c1-2-11-19-18(23)15-9-12-20(13-10-15)17(22)8-7-14-5-3-4-6-16(14)21/h3-6,15,21H,2,7-13H2,1H3,(H,19,23). The number of aryl methyl sites for hydroxylation is 1. The van der Waals surface area contributed by atoms with Crippen LogP contribution >= 0.6 is 0 Å². The van der Waals surface area contributed by atoms with Crippen molar-refractivity contribution in [1.29, 1.82) is 0 Å². The third kappa shape index (κ3) is 4.98. The normalized spacial score (nSPS) is 15.4. The van der Waals surface area contributed by atoms with Crippen molar-refractivity contribution < 1.29 is 14.7 Å². The van der Waals surface area contributed by atoms with Gasteiger partial charge in [-0.05, 0) is 37.3 Å². The SMILES string of the molecule is CCCNC(=O)C1CCN(C(=O)CCc2ccccc2O)CC1. The van der Waals surface area contributed by atoms with Crippen molar-refractivity contribution in [2.75, 3.05) is 19.6 Å². The number of likely N-dealkylation sites (tertiary alicyclic amines) is 1. The summed E-state index contributed by atoms with van der Waals surface area (Å²) < 4.78 is 0. The number of benzene rings is 1. The summed E-state index contributed by atoms with van der Waals surface area (Å²) in [4.78, 5) is 26.1. The summed E-state index contributed by atoms with van der Waals surface area (Å²) in [5, 5.41) is 12.7. The van der Waals surface area contributed by atoms with Crippen molar-refractivity contribution in [1.82, 2.24) is 10.2 Å². The summed E-state index contributed by atoms with van der Waals surface area (Å²) in [6.07, 6.45) is 3.35. The van der Waals surface area contributed by atoms with E-state index in [0.29, 0.717) is 25.9 Å². The van der Waals surface area contributed by atoms with Crippen LogP contribution in [-0.4, -0.2) is 41.5 Å². The number of nitrogens with zero attached hydrogens (tertiary/aromatic N) is 1. The van der Waals surface area contributed by atoms with Crippen LogP contribution in [0.5, 0.6) is 5.75 Å². The van der Waals surface area contributed by atoms with E-state index in [9.17, 15) is 14.7 Å². The molecular weight excluding hydrogens is 292 g/mol. The second-order valence-electron chi connectivity index (χ2n) is 6.07. The molecule has 126 valence electrons. The van der Waals surface area contributed by atoms with Crippen LogP contribution in [0.15, 0.2) is 24.3 Å². The van der Waals surface area contributed by atoms with E-state index < -0.39 is 0 Å². The minimum absolute atomic E-state index is 0.0313. The molecule has 2 N–H and O–H groups in total. The lowest BCUT2D eigenvalue weighted by Gasteiger charge is -2.31. The maximum absolute atomic E-state index is 12.3. The molecule has 1 aromatic rings. The Morgan fingerprint density at radius 2 is 1.96 bits per heavy atom. The molecule has 5 heteroatoms. The van der Waals surface area contributed by atoms with Gasteiger partial charge in [0, 0.05) is 32.0 Å². The zero-order valence-electron chi connectivity index (χ0n) is 13.8. The summed E-state index contributed by atoms with van der Waals surface area (Å²) in [6, 6.07) is 7.11. The van der Waals surface area contributed by atoms with Crippen LogP contribution < -0.4 is 5.32 Å². The van der Waals surface area contributed by atoms with Gasteiger partial charge in [0.15, 0.2) is 0 Å². The van der Waals surface area contributed by atoms with Crippen LogP contribution in [0.3, 0.4) is 0 Å². The van der Waals surface area contributed by atoms with Gasteiger partial charge < -0.3 is 15.3 Å². The number of piperidine rings is 1. The molecule has 0 unspecified atom stereocenters. The molecule has 0 bridgehead atoms. The molecule has 0 aliphatic carbocycles. The zero-order valence-corrected chi connectivity index (χ0v) is 13.8. The minimum atomic E-state index is 0.0313. The smallest absolute Gasteiger partial charge is 0.223 e. The van der Waals surface area contributed by atoms with E-state index in [1.165, 1.54) is 0 Å². The summed E-state index contributed by atoms with van der Waals surface area (Å²) in [7, 11) is 0. The molecule has 1 fully saturated rings. The predicted molar refractivity (Wildman–Crippen MR) is 89.0 cm³/mol. The molecule has 0 saturated carbocycles. The Balaban J connectivity index is 1.75. The van der Waals surface area contributed by atoms with Crippen molar-refractivity contribution in [2.24, 2.45) is 5.92 Å². The highest BCUT2D eigenvalue weighted by Gasteiger charge is 2.26. The van der Waals surface area contributed by atoms with Gasteiger partial charge in [0.25, 0.3) is 0 Å². The van der Waals surface area contributed by atoms with Crippen LogP contribution in [0.25, 0.3) is 0 Å². The molecular formula is C18H26N2O3. The fourth-order valence-electron chi connectivity index (χ4n) is 2.91. The molecule has 1 aliphatic rings. The van der Waals surface area contributed by atoms with E-state index in [1.807, 2.05) is 24.0 Å². The topological polar surface area (TPSA) is 69.6 Å². The highest BCUT2D eigenvalue weighted by Crippen LogP contribution is 2.20. The molecule has 0 radical (unpaired) electrons. The average Bonchev–Trinajstić information content (AvgIpc) is 2.59. The second kappa shape index (κ2) is 8.56. The molecule has 2 amide bonds. The van der Waals surface area contributed by atoms with Gasteiger partial charge in [-0.15, -0.1) is 0 Å². The quantitative estimate of drug-likeness (QED) is 0.844. The predicted octanol–water partition coefficient (Wildman–Crippen LogP) is 2.09. The van der Waals surface area contributed by atoms with Crippen molar-refractivity contribution in [3.8, 4) is 5.75 Å². The maximum atomic E-state index is 12.3. The van der Waals surface area contributed by atoms with Gasteiger partial charge in [-0.1, -0.05) is 25.1 Å². The van der Waals surface area contributed by atoms with E-state index in [-0.39, 0.29) is 23.5 Å². The van der Waals surface area contributed by atoms with E-state index >= 15 is 0 Å². The number of amides is 2. The number of hydrogen-bond donors (Lipinski definition) is 2. The fraction of sp³-hybridized carbons (Fsp3) is 0.556. The third-order valence-electron chi connectivity index (χ3n) is 4.37. The van der Waals surface area contributed by atoms with Crippen LogP contribution in [0, 0.1) is 5.92 Å². The Kier molecular flexibility index (Phi) is 6.44. The molecule has 0 atom stereocenters. The number of para-hydroxylation sites is 1. The van der Waals surface area contributed by atoms with E-state index in [0.717, 1.165) is 31.4 Å². The molecule has 1 saturated heterocycles. The molecule has 0 aromatic heterocycles. The maximum Gasteiger partial charge on any atom is 0.223 e. The lowest BCUT2D eigenvalue weighted by atomic mass is 9.95. The van der Waals surface area contributed by atoms with Crippen LogP contribution in [-0.2, 0) is 16.0 Å². The van der Waals surface area contributed by atoms with Gasteiger partial charge >= 0.3 is 0 Å². The number of rotatable bonds is 6. The van der Waals surface area contributed by atoms with Crippen molar-refractivity contribution in [2.45, 2.75) is 39.0 Å². The van der Waals surface area contributed by atoms with Crippen molar-refractivity contribution in [3.63, 3.8) is 0 Å². The zero-order chi connectivity index (χ0) is 16.7. The van der Waals surface area contributed by atoms with Gasteiger partial charge in [-0.2, -0.15) is 0 Å². The number of phenols is 1. The molecule has 2 rings (SSSR count). The Bertz CT molecular complexity index is 537. The van der Waals surface area contributed by atoms with Gasteiger partial charge in [0.2, 0.25) is 11.8 Å². The van der Waals surface area contributed by atoms with Crippen LogP contribution in [0.1, 0.15) is 38.2 Å². The first-order valence-electron chi connectivity index (χ1n) is 8.44. The lowest BCUT2D eigenvalue weighted by Crippen LogP contribution is -2.43.